The van der Waals surface area contributed by atoms with E-state index in [-0.39, 0.29) is 35.0 Å². The van der Waals surface area contributed by atoms with Crippen molar-refractivity contribution >= 4 is 23.2 Å². The first-order valence-corrected chi connectivity index (χ1v) is 8.78. The SMILES string of the molecule is CNC(=O)c1cc([N+](=O)[O-])ccc1N1CCC(C(=O)N(C)C(C)C)CC1. The van der Waals surface area contributed by atoms with Gasteiger partial charge in [0, 0.05) is 51.3 Å². The second kappa shape index (κ2) is 8.16. The van der Waals surface area contributed by atoms with E-state index in [1.807, 2.05) is 25.8 Å². The number of anilines is 1. The molecule has 1 aromatic carbocycles. The first kappa shape index (κ1) is 19.7. The molecule has 1 heterocycles. The van der Waals surface area contributed by atoms with E-state index < -0.39 is 4.92 Å². The molecule has 2 amide bonds. The Hall–Kier alpha value is -2.64. The van der Waals surface area contributed by atoms with Gasteiger partial charge in [-0.3, -0.25) is 19.7 Å². The fraction of sp³-hybridized carbons (Fsp3) is 0.556. The number of nitrogens with one attached hydrogen (secondary N) is 1. The molecule has 1 aliphatic heterocycles. The third-order valence-corrected chi connectivity index (χ3v) is 4.97. The van der Waals surface area contributed by atoms with Gasteiger partial charge in [0.05, 0.1) is 16.2 Å². The molecule has 0 aromatic heterocycles. The first-order chi connectivity index (χ1) is 12.3. The third kappa shape index (κ3) is 4.12. The van der Waals surface area contributed by atoms with Gasteiger partial charge in [-0.15, -0.1) is 0 Å². The number of hydrogen-bond donors (Lipinski definition) is 1. The van der Waals surface area contributed by atoms with E-state index >= 15 is 0 Å². The van der Waals surface area contributed by atoms with Gasteiger partial charge in [-0.05, 0) is 32.8 Å². The number of amides is 2. The second-order valence-corrected chi connectivity index (χ2v) is 6.84. The monoisotopic (exact) mass is 362 g/mol. The fourth-order valence-corrected chi connectivity index (χ4v) is 3.14. The van der Waals surface area contributed by atoms with Crippen molar-refractivity contribution in [2.75, 3.05) is 32.1 Å². The minimum Gasteiger partial charge on any atom is -0.371 e. The lowest BCUT2D eigenvalue weighted by Gasteiger charge is -2.36. The molecule has 1 aliphatic rings. The van der Waals surface area contributed by atoms with Crippen molar-refractivity contribution in [2.24, 2.45) is 5.92 Å². The van der Waals surface area contributed by atoms with Crippen LogP contribution in [0.3, 0.4) is 0 Å². The molecule has 8 nitrogen and oxygen atoms in total. The number of nitro groups is 1. The summed E-state index contributed by atoms with van der Waals surface area (Å²) >= 11 is 0. The molecule has 26 heavy (non-hydrogen) atoms. The zero-order chi connectivity index (χ0) is 19.4. The summed E-state index contributed by atoms with van der Waals surface area (Å²) in [6.07, 6.45) is 1.39. The number of carbonyl (C=O) groups is 2. The normalized spacial score (nSPS) is 15.0. The fourth-order valence-electron chi connectivity index (χ4n) is 3.14. The summed E-state index contributed by atoms with van der Waals surface area (Å²) in [6.45, 7) is 5.23. The molecule has 0 unspecified atom stereocenters. The van der Waals surface area contributed by atoms with Gasteiger partial charge in [0.1, 0.15) is 0 Å². The Morgan fingerprint density at radius 3 is 2.42 bits per heavy atom. The highest BCUT2D eigenvalue weighted by Gasteiger charge is 2.30. The molecule has 0 radical (unpaired) electrons. The van der Waals surface area contributed by atoms with Gasteiger partial charge in [-0.2, -0.15) is 0 Å². The Balaban J connectivity index is 2.17. The third-order valence-electron chi connectivity index (χ3n) is 4.97. The Morgan fingerprint density at radius 2 is 1.92 bits per heavy atom. The van der Waals surface area contributed by atoms with Gasteiger partial charge in [0.2, 0.25) is 5.91 Å². The van der Waals surface area contributed by atoms with Gasteiger partial charge in [-0.25, -0.2) is 0 Å². The van der Waals surface area contributed by atoms with E-state index in [0.717, 1.165) is 0 Å². The number of piperidine rings is 1. The minimum absolute atomic E-state index is 0.0276. The summed E-state index contributed by atoms with van der Waals surface area (Å²) in [6, 6.07) is 4.49. The van der Waals surface area contributed by atoms with Crippen LogP contribution >= 0.6 is 0 Å². The standard InChI is InChI=1S/C18H26N4O4/c1-12(2)20(4)18(24)13-7-9-21(10-8-13)16-6-5-14(22(25)26)11-15(16)17(23)19-3/h5-6,11-13H,7-10H2,1-4H3,(H,19,23). The van der Waals surface area contributed by atoms with Gasteiger partial charge in [0.15, 0.2) is 0 Å². The molecule has 2 rings (SSSR count). The summed E-state index contributed by atoms with van der Waals surface area (Å²) < 4.78 is 0. The van der Waals surface area contributed by atoms with Gasteiger partial charge in [-0.1, -0.05) is 0 Å². The molecule has 142 valence electrons. The Bertz CT molecular complexity index is 696. The molecule has 0 bridgehead atoms. The van der Waals surface area contributed by atoms with E-state index in [0.29, 0.717) is 31.6 Å². The van der Waals surface area contributed by atoms with Crippen LogP contribution in [0.15, 0.2) is 18.2 Å². The molecule has 0 atom stereocenters. The Labute approximate surface area is 153 Å². The highest BCUT2D eigenvalue weighted by Crippen LogP contribution is 2.30. The zero-order valence-electron chi connectivity index (χ0n) is 15.7. The van der Waals surface area contributed by atoms with Crippen molar-refractivity contribution in [2.45, 2.75) is 32.7 Å². The average molecular weight is 362 g/mol. The predicted molar refractivity (Wildman–Crippen MR) is 99.3 cm³/mol. The molecule has 1 aromatic rings. The molecule has 8 heteroatoms. The molecule has 1 N–H and O–H groups in total. The maximum atomic E-state index is 12.5. The molecule has 0 saturated carbocycles. The number of benzene rings is 1. The van der Waals surface area contributed by atoms with Crippen LogP contribution in [-0.2, 0) is 4.79 Å². The molecular formula is C18H26N4O4. The zero-order valence-corrected chi connectivity index (χ0v) is 15.7. The molecular weight excluding hydrogens is 336 g/mol. The second-order valence-electron chi connectivity index (χ2n) is 6.84. The van der Waals surface area contributed by atoms with Gasteiger partial charge < -0.3 is 15.1 Å². The van der Waals surface area contributed by atoms with Crippen LogP contribution in [0, 0.1) is 16.0 Å². The quantitative estimate of drug-likeness (QED) is 0.639. The topological polar surface area (TPSA) is 95.8 Å². The largest absolute Gasteiger partial charge is 0.371 e. The highest BCUT2D eigenvalue weighted by molar-refractivity contribution is 6.00. The molecule has 0 aliphatic carbocycles. The van der Waals surface area contributed by atoms with Crippen LogP contribution in [0.1, 0.15) is 37.0 Å². The molecule has 1 fully saturated rings. The summed E-state index contributed by atoms with van der Waals surface area (Å²) in [7, 11) is 3.32. The summed E-state index contributed by atoms with van der Waals surface area (Å²) in [5.41, 5.74) is 0.833. The number of carbonyl (C=O) groups excluding carboxylic acids is 2. The van der Waals surface area contributed by atoms with Crippen LogP contribution in [-0.4, -0.2) is 54.9 Å². The maximum Gasteiger partial charge on any atom is 0.270 e. The minimum atomic E-state index is -0.511. The van der Waals surface area contributed by atoms with E-state index in [2.05, 4.69) is 5.32 Å². The molecule has 1 saturated heterocycles. The van der Waals surface area contributed by atoms with E-state index in [9.17, 15) is 19.7 Å². The number of nitro benzene ring substituents is 1. The lowest BCUT2D eigenvalue weighted by atomic mass is 9.94. The van der Waals surface area contributed by atoms with Gasteiger partial charge >= 0.3 is 0 Å². The number of hydrogen-bond acceptors (Lipinski definition) is 5. The average Bonchev–Trinajstić information content (AvgIpc) is 2.65. The lowest BCUT2D eigenvalue weighted by Crippen LogP contribution is -2.43. The Kier molecular flexibility index (Phi) is 6.18. The van der Waals surface area contributed by atoms with Crippen LogP contribution in [0.5, 0.6) is 0 Å². The maximum absolute atomic E-state index is 12.5. The van der Waals surface area contributed by atoms with Crippen LogP contribution < -0.4 is 10.2 Å². The smallest absolute Gasteiger partial charge is 0.270 e. The summed E-state index contributed by atoms with van der Waals surface area (Å²) in [5, 5.41) is 13.5. The van der Waals surface area contributed by atoms with Crippen molar-refractivity contribution in [1.82, 2.24) is 10.2 Å². The van der Waals surface area contributed by atoms with Crippen LogP contribution in [0.25, 0.3) is 0 Å². The Morgan fingerprint density at radius 1 is 1.31 bits per heavy atom. The van der Waals surface area contributed by atoms with Crippen molar-refractivity contribution in [3.63, 3.8) is 0 Å². The number of non-ortho nitro benzene ring substituents is 1. The number of nitrogens with zero attached hydrogens (tertiary/aromatic N) is 3. The van der Waals surface area contributed by atoms with Crippen molar-refractivity contribution < 1.29 is 14.5 Å². The molecule has 0 spiro atoms. The van der Waals surface area contributed by atoms with Crippen molar-refractivity contribution in [3.05, 3.63) is 33.9 Å². The van der Waals surface area contributed by atoms with E-state index in [4.69, 9.17) is 0 Å². The van der Waals surface area contributed by atoms with Crippen LogP contribution in [0.2, 0.25) is 0 Å². The van der Waals surface area contributed by atoms with Crippen molar-refractivity contribution in [3.8, 4) is 0 Å². The summed E-state index contributed by atoms with van der Waals surface area (Å²) in [5.74, 6) is -0.239. The highest BCUT2D eigenvalue weighted by atomic mass is 16.6. The lowest BCUT2D eigenvalue weighted by molar-refractivity contribution is -0.384. The van der Waals surface area contributed by atoms with E-state index in [1.165, 1.54) is 19.2 Å². The predicted octanol–water partition coefficient (Wildman–Crippen LogP) is 2.04. The van der Waals surface area contributed by atoms with Crippen LogP contribution in [0.4, 0.5) is 11.4 Å². The van der Waals surface area contributed by atoms with E-state index in [1.54, 1.807) is 11.0 Å². The summed E-state index contributed by atoms with van der Waals surface area (Å²) in [4.78, 5) is 38.9. The van der Waals surface area contributed by atoms with Gasteiger partial charge in [0.25, 0.3) is 11.6 Å². The van der Waals surface area contributed by atoms with Crippen molar-refractivity contribution in [1.29, 1.82) is 0 Å². The first-order valence-electron chi connectivity index (χ1n) is 8.78. The number of rotatable bonds is 5.